The minimum atomic E-state index is -1.66. The molecule has 1 heterocycles. The first-order valence-electron chi connectivity index (χ1n) is 9.45. The summed E-state index contributed by atoms with van der Waals surface area (Å²) < 4.78 is 11.0. The van der Waals surface area contributed by atoms with Gasteiger partial charge in [0.2, 0.25) is 12.1 Å². The number of phenols is 1. The Hall–Kier alpha value is -3.02. The van der Waals surface area contributed by atoms with Crippen molar-refractivity contribution in [3.8, 4) is 11.5 Å². The lowest BCUT2D eigenvalue weighted by Gasteiger charge is -2.39. The van der Waals surface area contributed by atoms with Gasteiger partial charge in [-0.1, -0.05) is 12.1 Å². The quantitative estimate of drug-likeness (QED) is 0.312. The number of aromatic carboxylic acids is 1. The molecule has 0 radical (unpaired) electrons. The number of carbonyl (C=O) groups excluding carboxylic acids is 1. The number of hydrogen-bond donors (Lipinski definition) is 6. The van der Waals surface area contributed by atoms with Crippen LogP contribution >= 0.6 is 0 Å². The van der Waals surface area contributed by atoms with Gasteiger partial charge in [0, 0.05) is 0 Å². The predicted octanol–water partition coefficient (Wildman–Crippen LogP) is -0.596. The minimum Gasteiger partial charge on any atom is -0.507 e. The number of ketones is 1. The third-order valence-electron chi connectivity index (χ3n) is 5.49. The summed E-state index contributed by atoms with van der Waals surface area (Å²) in [4.78, 5) is 24.4. The average Bonchev–Trinajstić information content (AvgIpc) is 2.73. The summed E-state index contributed by atoms with van der Waals surface area (Å²) in [6, 6.07) is 6.97. The monoisotopic (exact) mass is 432 g/mol. The van der Waals surface area contributed by atoms with E-state index >= 15 is 0 Å². The Morgan fingerprint density at radius 2 is 1.81 bits per heavy atom. The summed E-state index contributed by atoms with van der Waals surface area (Å²) in [6.07, 6.45) is -7.39. The molecule has 1 saturated heterocycles. The molecule has 1 aliphatic carbocycles. The highest BCUT2D eigenvalue weighted by molar-refractivity contribution is 6.16. The molecule has 1 fully saturated rings. The van der Waals surface area contributed by atoms with E-state index in [1.54, 1.807) is 12.1 Å². The van der Waals surface area contributed by atoms with E-state index in [4.69, 9.17) is 9.47 Å². The molecule has 0 bridgehead atoms. The lowest BCUT2D eigenvalue weighted by atomic mass is 9.83. The molecule has 5 unspecified atom stereocenters. The molecular weight excluding hydrogens is 412 g/mol. The van der Waals surface area contributed by atoms with Gasteiger partial charge in [-0.25, -0.2) is 4.79 Å². The van der Waals surface area contributed by atoms with Crippen LogP contribution in [-0.4, -0.2) is 79.7 Å². The van der Waals surface area contributed by atoms with Gasteiger partial charge in [0.25, 0.3) is 0 Å². The third-order valence-corrected chi connectivity index (χ3v) is 5.49. The number of carbonyl (C=O) groups is 2. The second kappa shape index (κ2) is 7.91. The van der Waals surface area contributed by atoms with Crippen LogP contribution in [0.2, 0.25) is 0 Å². The maximum atomic E-state index is 13.2. The fourth-order valence-corrected chi connectivity index (χ4v) is 3.91. The highest BCUT2D eigenvalue weighted by atomic mass is 16.7. The van der Waals surface area contributed by atoms with Crippen LogP contribution < -0.4 is 4.74 Å². The van der Waals surface area contributed by atoms with E-state index in [1.807, 2.05) is 0 Å². The van der Waals surface area contributed by atoms with Crippen LogP contribution in [0, 0.1) is 0 Å². The van der Waals surface area contributed by atoms with Crippen LogP contribution in [0.1, 0.15) is 37.4 Å². The van der Waals surface area contributed by atoms with Crippen molar-refractivity contribution < 1.29 is 49.7 Å². The molecular formula is C21H20O10. The molecule has 10 heteroatoms. The van der Waals surface area contributed by atoms with Crippen LogP contribution in [0.15, 0.2) is 30.3 Å². The van der Waals surface area contributed by atoms with Gasteiger partial charge in [-0.2, -0.15) is 0 Å². The molecule has 4 rings (SSSR count). The van der Waals surface area contributed by atoms with E-state index in [0.29, 0.717) is 11.1 Å². The Morgan fingerprint density at radius 3 is 2.48 bits per heavy atom. The van der Waals surface area contributed by atoms with Gasteiger partial charge in [0.05, 0.1) is 23.3 Å². The number of aliphatic hydroxyl groups is 4. The van der Waals surface area contributed by atoms with E-state index in [1.165, 1.54) is 12.1 Å². The van der Waals surface area contributed by atoms with Crippen molar-refractivity contribution in [1.29, 1.82) is 0 Å². The van der Waals surface area contributed by atoms with Crippen LogP contribution in [0.3, 0.4) is 0 Å². The first kappa shape index (κ1) is 21.2. The summed E-state index contributed by atoms with van der Waals surface area (Å²) in [5.74, 6) is -2.32. The van der Waals surface area contributed by atoms with Gasteiger partial charge in [0.15, 0.2) is 0 Å². The van der Waals surface area contributed by atoms with Crippen molar-refractivity contribution >= 4 is 11.8 Å². The van der Waals surface area contributed by atoms with Gasteiger partial charge >= 0.3 is 5.97 Å². The Bertz CT molecular complexity index is 1050. The molecule has 0 saturated carbocycles. The normalized spacial score (nSPS) is 27.4. The maximum absolute atomic E-state index is 13.2. The maximum Gasteiger partial charge on any atom is 0.335 e. The zero-order valence-corrected chi connectivity index (χ0v) is 16.0. The summed E-state index contributed by atoms with van der Waals surface area (Å²) in [5, 5.41) is 58.9. The van der Waals surface area contributed by atoms with E-state index in [9.17, 15) is 40.2 Å². The first-order valence-corrected chi connectivity index (χ1v) is 9.45. The standard InChI is InChI=1S/C21H20O10/c22-7-13-16(24)18(26)19(27)21(31-13)30-12-3-1-2-8-4-9-5-10(20(28)29)6-11(23)14(9)17(25)15(8)12/h1-3,5-6,13,16,18-19,21-24,26-27H,4,7H2,(H,28,29). The molecule has 2 aliphatic rings. The number of fused-ring (bicyclic) bond motifs is 2. The van der Waals surface area contributed by atoms with E-state index < -0.39 is 54.8 Å². The van der Waals surface area contributed by atoms with Crippen molar-refractivity contribution in [2.75, 3.05) is 6.61 Å². The van der Waals surface area contributed by atoms with E-state index in [0.717, 1.165) is 6.07 Å². The minimum absolute atomic E-state index is 0.000749. The van der Waals surface area contributed by atoms with Crippen molar-refractivity contribution in [2.45, 2.75) is 37.1 Å². The molecule has 0 aromatic heterocycles. The number of rotatable bonds is 4. The number of carboxylic acids is 1. The Balaban J connectivity index is 1.70. The number of aromatic hydroxyl groups is 1. The molecule has 31 heavy (non-hydrogen) atoms. The second-order valence-electron chi connectivity index (χ2n) is 7.45. The van der Waals surface area contributed by atoms with Crippen molar-refractivity contribution in [1.82, 2.24) is 0 Å². The van der Waals surface area contributed by atoms with Crippen LogP contribution in [0.5, 0.6) is 11.5 Å². The first-order chi connectivity index (χ1) is 14.7. The fraction of sp³-hybridized carbons (Fsp3) is 0.333. The number of carboxylic acid groups (broad SMARTS) is 1. The van der Waals surface area contributed by atoms with Gasteiger partial charge in [-0.15, -0.1) is 0 Å². The molecule has 1 aliphatic heterocycles. The van der Waals surface area contributed by atoms with Crippen molar-refractivity contribution in [2.24, 2.45) is 0 Å². The van der Waals surface area contributed by atoms with Crippen molar-refractivity contribution in [3.05, 3.63) is 58.1 Å². The van der Waals surface area contributed by atoms with Gasteiger partial charge in [-0.05, 0) is 35.7 Å². The number of aliphatic hydroxyl groups excluding tert-OH is 4. The second-order valence-corrected chi connectivity index (χ2v) is 7.45. The molecule has 5 atom stereocenters. The largest absolute Gasteiger partial charge is 0.507 e. The summed E-state index contributed by atoms with van der Waals surface area (Å²) in [7, 11) is 0. The van der Waals surface area contributed by atoms with Crippen molar-refractivity contribution in [3.63, 3.8) is 0 Å². The average molecular weight is 432 g/mol. The summed E-state index contributed by atoms with van der Waals surface area (Å²) >= 11 is 0. The number of benzene rings is 2. The Kier molecular flexibility index (Phi) is 5.42. The highest BCUT2D eigenvalue weighted by Crippen LogP contribution is 2.38. The summed E-state index contributed by atoms with van der Waals surface area (Å²) in [5.41, 5.74) is 0.732. The molecule has 0 spiro atoms. The van der Waals surface area contributed by atoms with Gasteiger partial charge in [-0.3, -0.25) is 4.79 Å². The van der Waals surface area contributed by atoms with Gasteiger partial charge in [0.1, 0.15) is 35.9 Å². The van der Waals surface area contributed by atoms with E-state index in [2.05, 4.69) is 0 Å². The third kappa shape index (κ3) is 3.54. The van der Waals surface area contributed by atoms with Crippen LogP contribution in [0.4, 0.5) is 0 Å². The Morgan fingerprint density at radius 1 is 1.06 bits per heavy atom. The lowest BCUT2D eigenvalue weighted by Crippen LogP contribution is -2.60. The number of ether oxygens (including phenoxy) is 2. The fourth-order valence-electron chi connectivity index (χ4n) is 3.91. The van der Waals surface area contributed by atoms with Gasteiger partial charge < -0.3 is 40.1 Å². The Labute approximate surface area is 175 Å². The predicted molar refractivity (Wildman–Crippen MR) is 102 cm³/mol. The summed E-state index contributed by atoms with van der Waals surface area (Å²) in [6.45, 7) is -0.635. The number of hydrogen-bond acceptors (Lipinski definition) is 9. The van der Waals surface area contributed by atoms with E-state index in [-0.39, 0.29) is 28.9 Å². The topological polar surface area (TPSA) is 174 Å². The zero-order chi connectivity index (χ0) is 22.4. The molecule has 2 aromatic carbocycles. The lowest BCUT2D eigenvalue weighted by molar-refractivity contribution is -0.277. The molecule has 10 nitrogen and oxygen atoms in total. The highest BCUT2D eigenvalue weighted by Gasteiger charge is 2.45. The number of phenolic OH excluding ortho intramolecular Hbond substituents is 1. The smallest absolute Gasteiger partial charge is 0.335 e. The van der Waals surface area contributed by atoms with Crippen LogP contribution in [-0.2, 0) is 11.2 Å². The SMILES string of the molecule is O=C(O)c1cc(O)c2c(c1)Cc1cccc(OC3OC(CO)C(O)C(O)C3O)c1C2=O. The molecule has 2 aromatic rings. The molecule has 6 N–H and O–H groups in total. The molecule has 164 valence electrons. The molecule has 0 amide bonds. The van der Waals surface area contributed by atoms with Crippen LogP contribution in [0.25, 0.3) is 0 Å². The zero-order valence-electron chi connectivity index (χ0n) is 16.0.